The lowest BCUT2D eigenvalue weighted by Gasteiger charge is -2.15. The largest absolute Gasteiger partial charge is 0.477 e. The maximum atomic E-state index is 10.8. The molecule has 16 heavy (non-hydrogen) atoms. The van der Waals surface area contributed by atoms with Crippen LogP contribution in [0.3, 0.4) is 0 Å². The molecular formula is C11H12N2O2S. The second-order valence-electron chi connectivity index (χ2n) is 4.62. The van der Waals surface area contributed by atoms with E-state index in [0.717, 1.165) is 16.0 Å². The van der Waals surface area contributed by atoms with Gasteiger partial charge in [0.05, 0.1) is 0 Å². The van der Waals surface area contributed by atoms with E-state index >= 15 is 0 Å². The number of carbonyl (C=O) groups is 1. The Bertz CT molecular complexity index is 555. The zero-order chi connectivity index (χ0) is 11.9. The van der Waals surface area contributed by atoms with E-state index in [1.54, 1.807) is 12.3 Å². The highest BCUT2D eigenvalue weighted by molar-refractivity contribution is 7.20. The van der Waals surface area contributed by atoms with Crippen LogP contribution in [-0.4, -0.2) is 21.0 Å². The van der Waals surface area contributed by atoms with Gasteiger partial charge in [0.2, 0.25) is 0 Å². The number of rotatable bonds is 1. The molecule has 2 rings (SSSR count). The van der Waals surface area contributed by atoms with Crippen molar-refractivity contribution in [3.8, 4) is 0 Å². The fourth-order valence-corrected chi connectivity index (χ4v) is 2.14. The summed E-state index contributed by atoms with van der Waals surface area (Å²) >= 11 is 1.18. The number of carboxylic acids is 1. The highest BCUT2D eigenvalue weighted by Gasteiger charge is 2.18. The molecule has 0 radical (unpaired) electrons. The molecule has 0 aliphatic carbocycles. The summed E-state index contributed by atoms with van der Waals surface area (Å²) in [5.74, 6) is -0.181. The van der Waals surface area contributed by atoms with Crippen LogP contribution in [-0.2, 0) is 5.41 Å². The van der Waals surface area contributed by atoms with Gasteiger partial charge in [0.1, 0.15) is 15.5 Å². The highest BCUT2D eigenvalue weighted by atomic mass is 32.1. The number of nitrogens with zero attached hydrogens (tertiary/aromatic N) is 2. The minimum atomic E-state index is -0.916. The van der Waals surface area contributed by atoms with Crippen LogP contribution in [0.25, 0.3) is 10.2 Å². The van der Waals surface area contributed by atoms with E-state index in [1.807, 2.05) is 20.8 Å². The molecular weight excluding hydrogens is 224 g/mol. The van der Waals surface area contributed by atoms with E-state index < -0.39 is 5.97 Å². The van der Waals surface area contributed by atoms with Gasteiger partial charge in [-0.1, -0.05) is 20.8 Å². The van der Waals surface area contributed by atoms with E-state index in [4.69, 9.17) is 5.11 Å². The Balaban J connectivity index is 2.58. The summed E-state index contributed by atoms with van der Waals surface area (Å²) in [4.78, 5) is 20.5. The second kappa shape index (κ2) is 3.52. The maximum absolute atomic E-state index is 10.8. The van der Waals surface area contributed by atoms with Crippen molar-refractivity contribution < 1.29 is 9.90 Å². The molecule has 0 bridgehead atoms. The lowest BCUT2D eigenvalue weighted by Crippen LogP contribution is -2.15. The molecule has 2 aromatic heterocycles. The molecule has 0 spiro atoms. The predicted octanol–water partition coefficient (Wildman–Crippen LogP) is 2.69. The molecule has 4 nitrogen and oxygen atoms in total. The number of fused-ring (bicyclic) bond motifs is 1. The molecule has 5 heteroatoms. The summed E-state index contributed by atoms with van der Waals surface area (Å²) in [7, 11) is 0. The van der Waals surface area contributed by atoms with Gasteiger partial charge in [0, 0.05) is 17.0 Å². The first-order valence-corrected chi connectivity index (χ1v) is 5.70. The van der Waals surface area contributed by atoms with Gasteiger partial charge in [-0.25, -0.2) is 14.8 Å². The van der Waals surface area contributed by atoms with Gasteiger partial charge in [-0.05, 0) is 6.07 Å². The molecule has 0 fully saturated rings. The summed E-state index contributed by atoms with van der Waals surface area (Å²) in [6.45, 7) is 6.08. The second-order valence-corrected chi connectivity index (χ2v) is 5.65. The molecule has 0 saturated heterocycles. The van der Waals surface area contributed by atoms with E-state index in [-0.39, 0.29) is 5.41 Å². The monoisotopic (exact) mass is 236 g/mol. The summed E-state index contributed by atoms with van der Waals surface area (Å²) in [6.07, 6.45) is 1.69. The fraction of sp³-hybridized carbons (Fsp3) is 0.364. The van der Waals surface area contributed by atoms with E-state index in [9.17, 15) is 4.79 Å². The van der Waals surface area contributed by atoms with Gasteiger partial charge in [-0.2, -0.15) is 0 Å². The van der Waals surface area contributed by atoms with Crippen molar-refractivity contribution in [1.29, 1.82) is 0 Å². The van der Waals surface area contributed by atoms with Gasteiger partial charge < -0.3 is 5.11 Å². The van der Waals surface area contributed by atoms with Crippen LogP contribution < -0.4 is 0 Å². The lowest BCUT2D eigenvalue weighted by molar-refractivity contribution is 0.0702. The minimum Gasteiger partial charge on any atom is -0.477 e. The van der Waals surface area contributed by atoms with Crippen molar-refractivity contribution in [2.45, 2.75) is 26.2 Å². The van der Waals surface area contributed by atoms with Crippen molar-refractivity contribution in [1.82, 2.24) is 9.97 Å². The molecule has 0 aromatic carbocycles. The molecule has 84 valence electrons. The zero-order valence-corrected chi connectivity index (χ0v) is 10.1. The van der Waals surface area contributed by atoms with E-state index in [0.29, 0.717) is 4.88 Å². The maximum Gasteiger partial charge on any atom is 0.345 e. The molecule has 0 amide bonds. The molecule has 0 atom stereocenters. The molecule has 2 aromatic rings. The third-order valence-corrected chi connectivity index (χ3v) is 3.19. The number of thiophene rings is 1. The number of hydrogen-bond donors (Lipinski definition) is 1. The van der Waals surface area contributed by atoms with Gasteiger partial charge in [-0.3, -0.25) is 0 Å². The topological polar surface area (TPSA) is 63.1 Å². The third-order valence-electron chi connectivity index (χ3n) is 2.16. The van der Waals surface area contributed by atoms with E-state index in [2.05, 4.69) is 9.97 Å². The Labute approximate surface area is 97.0 Å². The summed E-state index contributed by atoms with van der Waals surface area (Å²) < 4.78 is 0. The number of aromatic carboxylic acids is 1. The Kier molecular flexibility index (Phi) is 2.42. The first-order valence-electron chi connectivity index (χ1n) is 4.88. The van der Waals surface area contributed by atoms with Crippen molar-refractivity contribution >= 4 is 27.5 Å². The molecule has 0 saturated carbocycles. The Morgan fingerprint density at radius 1 is 1.44 bits per heavy atom. The first-order chi connectivity index (χ1) is 7.38. The predicted molar refractivity (Wildman–Crippen MR) is 63.1 cm³/mol. The lowest BCUT2D eigenvalue weighted by atomic mass is 9.96. The van der Waals surface area contributed by atoms with Crippen LogP contribution in [0.5, 0.6) is 0 Å². The molecule has 0 aliphatic rings. The molecule has 1 N–H and O–H groups in total. The van der Waals surface area contributed by atoms with Crippen molar-refractivity contribution in [3.05, 3.63) is 23.0 Å². The molecule has 0 aliphatic heterocycles. The summed E-state index contributed by atoms with van der Waals surface area (Å²) in [5.41, 5.74) is -0.123. The average Bonchev–Trinajstić information content (AvgIpc) is 2.58. The normalized spacial score (nSPS) is 11.9. The summed E-state index contributed by atoms with van der Waals surface area (Å²) in [6, 6.07) is 1.61. The third kappa shape index (κ3) is 1.90. The van der Waals surface area contributed by atoms with Gasteiger partial charge in [-0.15, -0.1) is 11.3 Å². The number of aromatic nitrogens is 2. The molecule has 0 unspecified atom stereocenters. The Hall–Kier alpha value is -1.49. The fourth-order valence-electron chi connectivity index (χ4n) is 1.30. The SMILES string of the molecule is CC(C)(C)c1ncc2cc(C(=O)O)sc2n1. The van der Waals surface area contributed by atoms with Crippen LogP contribution >= 0.6 is 11.3 Å². The quantitative estimate of drug-likeness (QED) is 0.826. The van der Waals surface area contributed by atoms with Crippen LogP contribution in [0, 0.1) is 0 Å². The van der Waals surface area contributed by atoms with Gasteiger partial charge in [0.15, 0.2) is 0 Å². The zero-order valence-electron chi connectivity index (χ0n) is 9.31. The number of hydrogen-bond acceptors (Lipinski definition) is 4. The van der Waals surface area contributed by atoms with Crippen LogP contribution in [0.1, 0.15) is 36.3 Å². The van der Waals surface area contributed by atoms with Crippen LogP contribution in [0.4, 0.5) is 0 Å². The van der Waals surface area contributed by atoms with Gasteiger partial charge >= 0.3 is 5.97 Å². The van der Waals surface area contributed by atoms with E-state index in [1.165, 1.54) is 11.3 Å². The number of carboxylic acid groups (broad SMARTS) is 1. The van der Waals surface area contributed by atoms with Crippen LogP contribution in [0.2, 0.25) is 0 Å². The Morgan fingerprint density at radius 3 is 2.69 bits per heavy atom. The minimum absolute atomic E-state index is 0.123. The highest BCUT2D eigenvalue weighted by Crippen LogP contribution is 2.26. The van der Waals surface area contributed by atoms with Crippen molar-refractivity contribution in [2.75, 3.05) is 0 Å². The van der Waals surface area contributed by atoms with Crippen LogP contribution in [0.15, 0.2) is 12.3 Å². The first kappa shape index (κ1) is 11.0. The molecule has 2 heterocycles. The standard InChI is InChI=1S/C11H12N2O2S/c1-11(2,3)10-12-5-6-4-7(9(14)15)16-8(6)13-10/h4-5H,1-3H3,(H,14,15). The van der Waals surface area contributed by atoms with Crippen molar-refractivity contribution in [3.63, 3.8) is 0 Å². The summed E-state index contributed by atoms with van der Waals surface area (Å²) in [5, 5.41) is 9.66. The van der Waals surface area contributed by atoms with Crippen molar-refractivity contribution in [2.24, 2.45) is 0 Å². The van der Waals surface area contributed by atoms with Gasteiger partial charge in [0.25, 0.3) is 0 Å². The average molecular weight is 236 g/mol. The smallest absolute Gasteiger partial charge is 0.345 e. The Morgan fingerprint density at radius 2 is 2.12 bits per heavy atom.